The molecule has 1 aliphatic rings. The predicted octanol–water partition coefficient (Wildman–Crippen LogP) is 4.61. The van der Waals surface area contributed by atoms with Gasteiger partial charge >= 0.3 is 6.09 Å². The van der Waals surface area contributed by atoms with E-state index in [9.17, 15) is 13.6 Å². The van der Waals surface area contributed by atoms with E-state index in [4.69, 9.17) is 4.74 Å². The van der Waals surface area contributed by atoms with Crippen molar-refractivity contribution in [2.24, 2.45) is 0 Å². The third-order valence-corrected chi connectivity index (χ3v) is 4.30. The fourth-order valence-corrected chi connectivity index (χ4v) is 3.14. The molecule has 0 saturated carbocycles. The van der Waals surface area contributed by atoms with Gasteiger partial charge < -0.3 is 9.64 Å². The second-order valence-corrected chi connectivity index (χ2v) is 7.21. The van der Waals surface area contributed by atoms with Gasteiger partial charge in [0, 0.05) is 24.9 Å². The normalized spacial score (nSPS) is 18.1. The third-order valence-electron chi connectivity index (χ3n) is 4.30. The number of halogens is 2. The molecule has 1 aliphatic heterocycles. The van der Waals surface area contributed by atoms with Gasteiger partial charge in [-0.25, -0.2) is 13.6 Å². The van der Waals surface area contributed by atoms with Gasteiger partial charge in [-0.3, -0.25) is 0 Å². The molecule has 0 spiro atoms. The van der Waals surface area contributed by atoms with Crippen LogP contribution >= 0.6 is 0 Å². The van der Waals surface area contributed by atoms with E-state index in [1.54, 1.807) is 4.90 Å². The second-order valence-electron chi connectivity index (χ2n) is 7.21. The molecule has 23 heavy (non-hydrogen) atoms. The zero-order chi connectivity index (χ0) is 17.1. The van der Waals surface area contributed by atoms with Crippen LogP contribution in [0.15, 0.2) is 30.3 Å². The first kappa shape index (κ1) is 17.7. The van der Waals surface area contributed by atoms with Crippen molar-refractivity contribution in [3.05, 3.63) is 35.9 Å². The highest BCUT2D eigenvalue weighted by Gasteiger charge is 2.40. The van der Waals surface area contributed by atoms with Gasteiger partial charge in [0.05, 0.1) is 0 Å². The molecule has 0 N–H and O–H groups in total. The Morgan fingerprint density at radius 2 is 1.78 bits per heavy atom. The van der Waals surface area contributed by atoms with Gasteiger partial charge in [0.15, 0.2) is 0 Å². The molecule has 1 aromatic carbocycles. The van der Waals surface area contributed by atoms with Crippen molar-refractivity contribution in [1.29, 1.82) is 0 Å². The lowest BCUT2D eigenvalue weighted by Crippen LogP contribution is -2.47. The van der Waals surface area contributed by atoms with E-state index in [0.29, 0.717) is 25.9 Å². The second kappa shape index (κ2) is 6.85. The van der Waals surface area contributed by atoms with E-state index in [-0.39, 0.29) is 12.5 Å². The first-order valence-corrected chi connectivity index (χ1v) is 8.03. The van der Waals surface area contributed by atoms with Gasteiger partial charge in [-0.1, -0.05) is 30.3 Å². The quantitative estimate of drug-likeness (QED) is 0.812. The molecular weight excluding hydrogens is 300 g/mol. The summed E-state index contributed by atoms with van der Waals surface area (Å²) < 4.78 is 31.6. The summed E-state index contributed by atoms with van der Waals surface area (Å²) in [7, 11) is 0. The Kier molecular flexibility index (Phi) is 5.27. The fourth-order valence-electron chi connectivity index (χ4n) is 3.14. The minimum atomic E-state index is -2.36. The van der Waals surface area contributed by atoms with Gasteiger partial charge in [-0.2, -0.15) is 0 Å². The summed E-state index contributed by atoms with van der Waals surface area (Å²) in [5, 5.41) is 0. The molecule has 3 nitrogen and oxygen atoms in total. The SMILES string of the molecule is CC(C)(C)OC(=O)N1CCC(CC(F)F)(c2ccccc2)CC1. The number of nitrogens with zero attached hydrogens (tertiary/aromatic N) is 1. The molecule has 1 saturated heterocycles. The van der Waals surface area contributed by atoms with Gasteiger partial charge in [-0.05, 0) is 39.2 Å². The Hall–Kier alpha value is -1.65. The maximum Gasteiger partial charge on any atom is 0.410 e. The Morgan fingerprint density at radius 1 is 1.22 bits per heavy atom. The smallest absolute Gasteiger partial charge is 0.410 e. The Morgan fingerprint density at radius 3 is 2.26 bits per heavy atom. The van der Waals surface area contributed by atoms with Crippen molar-refractivity contribution in [3.8, 4) is 0 Å². The maximum absolute atomic E-state index is 13.1. The number of hydrogen-bond acceptors (Lipinski definition) is 2. The number of piperidine rings is 1. The van der Waals surface area contributed by atoms with E-state index in [1.165, 1.54) is 0 Å². The molecule has 0 atom stereocenters. The molecule has 128 valence electrons. The number of benzene rings is 1. The van der Waals surface area contributed by atoms with Gasteiger partial charge in [-0.15, -0.1) is 0 Å². The minimum absolute atomic E-state index is 0.167. The van der Waals surface area contributed by atoms with Crippen molar-refractivity contribution >= 4 is 6.09 Å². The molecule has 1 amide bonds. The van der Waals surface area contributed by atoms with Crippen molar-refractivity contribution in [3.63, 3.8) is 0 Å². The zero-order valence-corrected chi connectivity index (χ0v) is 14.0. The molecule has 0 aliphatic carbocycles. The molecule has 1 aromatic rings. The van der Waals surface area contributed by atoms with Crippen molar-refractivity contribution in [1.82, 2.24) is 4.90 Å². The highest BCUT2D eigenvalue weighted by atomic mass is 19.3. The number of alkyl halides is 2. The number of amides is 1. The van der Waals surface area contributed by atoms with Crippen LogP contribution in [0.2, 0.25) is 0 Å². The van der Waals surface area contributed by atoms with Crippen LogP contribution < -0.4 is 0 Å². The lowest BCUT2D eigenvalue weighted by Gasteiger charge is -2.42. The highest BCUT2D eigenvalue weighted by Crippen LogP contribution is 2.40. The van der Waals surface area contributed by atoms with E-state index in [1.807, 2.05) is 51.1 Å². The van der Waals surface area contributed by atoms with E-state index in [2.05, 4.69) is 0 Å². The first-order chi connectivity index (χ1) is 10.7. The summed E-state index contributed by atoms with van der Waals surface area (Å²) in [6.07, 6.45) is -1.83. The van der Waals surface area contributed by atoms with Crippen molar-refractivity contribution < 1.29 is 18.3 Å². The molecule has 0 aromatic heterocycles. The summed E-state index contributed by atoms with van der Waals surface area (Å²) in [6, 6.07) is 9.46. The standard InChI is InChI=1S/C18H25F2NO2/c1-17(2,3)23-16(22)21-11-9-18(10-12-21,13-15(19)20)14-7-5-4-6-8-14/h4-8,15H,9-13H2,1-3H3. The summed E-state index contributed by atoms with van der Waals surface area (Å²) in [4.78, 5) is 13.8. The first-order valence-electron chi connectivity index (χ1n) is 8.03. The molecular formula is C18H25F2NO2. The summed E-state index contributed by atoms with van der Waals surface area (Å²) in [5.41, 5.74) is -0.175. The third kappa shape index (κ3) is 4.66. The minimum Gasteiger partial charge on any atom is -0.444 e. The average Bonchev–Trinajstić information content (AvgIpc) is 2.46. The predicted molar refractivity (Wildman–Crippen MR) is 85.8 cm³/mol. The maximum atomic E-state index is 13.1. The zero-order valence-electron chi connectivity index (χ0n) is 14.0. The van der Waals surface area contributed by atoms with Gasteiger partial charge in [0.1, 0.15) is 5.60 Å². The molecule has 0 radical (unpaired) electrons. The fraction of sp³-hybridized carbons (Fsp3) is 0.611. The van der Waals surface area contributed by atoms with Crippen LogP contribution in [0.4, 0.5) is 13.6 Å². The van der Waals surface area contributed by atoms with Crippen LogP contribution in [-0.4, -0.2) is 36.1 Å². The number of carbonyl (C=O) groups is 1. The lowest BCUT2D eigenvalue weighted by molar-refractivity contribution is 0.0110. The van der Waals surface area contributed by atoms with Crippen molar-refractivity contribution in [2.75, 3.05) is 13.1 Å². The van der Waals surface area contributed by atoms with E-state index in [0.717, 1.165) is 5.56 Å². The van der Waals surface area contributed by atoms with E-state index < -0.39 is 17.4 Å². The highest BCUT2D eigenvalue weighted by molar-refractivity contribution is 5.68. The molecule has 1 heterocycles. The summed E-state index contributed by atoms with van der Waals surface area (Å²) in [6.45, 7) is 6.34. The van der Waals surface area contributed by atoms with Gasteiger partial charge in [0.2, 0.25) is 6.43 Å². The van der Waals surface area contributed by atoms with Crippen LogP contribution in [-0.2, 0) is 10.2 Å². The van der Waals surface area contributed by atoms with E-state index >= 15 is 0 Å². The average molecular weight is 325 g/mol. The molecule has 2 rings (SSSR count). The lowest BCUT2D eigenvalue weighted by atomic mass is 9.70. The number of ether oxygens (including phenoxy) is 1. The molecule has 0 bridgehead atoms. The van der Waals surface area contributed by atoms with Crippen LogP contribution in [0.25, 0.3) is 0 Å². The monoisotopic (exact) mass is 325 g/mol. The van der Waals surface area contributed by atoms with Crippen LogP contribution in [0, 0.1) is 0 Å². The number of likely N-dealkylation sites (tertiary alicyclic amines) is 1. The largest absolute Gasteiger partial charge is 0.444 e. The summed E-state index contributed by atoms with van der Waals surface area (Å²) in [5.74, 6) is 0. The van der Waals surface area contributed by atoms with Crippen LogP contribution in [0.5, 0.6) is 0 Å². The number of hydrogen-bond donors (Lipinski definition) is 0. The molecule has 0 unspecified atom stereocenters. The Bertz CT molecular complexity index is 518. The Labute approximate surface area is 136 Å². The molecule has 1 fully saturated rings. The Balaban J connectivity index is 2.10. The van der Waals surface area contributed by atoms with Gasteiger partial charge in [0.25, 0.3) is 0 Å². The number of carbonyl (C=O) groups excluding carboxylic acids is 1. The number of rotatable bonds is 3. The van der Waals surface area contributed by atoms with Crippen LogP contribution in [0.3, 0.4) is 0 Å². The van der Waals surface area contributed by atoms with Crippen molar-refractivity contribution in [2.45, 2.75) is 57.5 Å². The molecule has 5 heteroatoms. The van der Waals surface area contributed by atoms with Crippen LogP contribution in [0.1, 0.15) is 45.6 Å². The topological polar surface area (TPSA) is 29.5 Å². The summed E-state index contributed by atoms with van der Waals surface area (Å²) >= 11 is 0.